The fourth-order valence-electron chi connectivity index (χ4n) is 3.25. The monoisotopic (exact) mass is 348 g/mol. The second-order valence-electron chi connectivity index (χ2n) is 7.65. The Morgan fingerprint density at radius 1 is 1.36 bits per heavy atom. The molecule has 1 aliphatic heterocycles. The summed E-state index contributed by atoms with van der Waals surface area (Å²) in [5.74, 6) is -0.660. The lowest BCUT2D eigenvalue weighted by Gasteiger charge is -2.27. The highest BCUT2D eigenvalue weighted by Gasteiger charge is 2.37. The maximum atomic E-state index is 12.8. The van der Waals surface area contributed by atoms with E-state index in [4.69, 9.17) is 10.5 Å². The minimum absolute atomic E-state index is 0.0347. The van der Waals surface area contributed by atoms with Crippen LogP contribution in [0.15, 0.2) is 24.3 Å². The Hall–Kier alpha value is -2.08. The number of carboxylic acid groups (broad SMARTS) is 1. The molecule has 1 heterocycles. The lowest BCUT2D eigenvalue weighted by molar-refractivity contribution is -0.161. The van der Waals surface area contributed by atoms with Crippen molar-refractivity contribution in [2.75, 3.05) is 13.1 Å². The third-order valence-electron chi connectivity index (χ3n) is 4.46. The molecule has 25 heavy (non-hydrogen) atoms. The van der Waals surface area contributed by atoms with Gasteiger partial charge in [0.25, 0.3) is 0 Å². The molecule has 0 bridgehead atoms. The molecule has 0 aliphatic carbocycles. The first-order valence-corrected chi connectivity index (χ1v) is 8.68. The summed E-state index contributed by atoms with van der Waals surface area (Å²) in [5.41, 5.74) is 7.17. The van der Waals surface area contributed by atoms with Crippen molar-refractivity contribution < 1.29 is 19.4 Å². The first-order valence-electron chi connectivity index (χ1n) is 8.68. The Morgan fingerprint density at radius 2 is 2.04 bits per heavy atom. The van der Waals surface area contributed by atoms with E-state index in [2.05, 4.69) is 0 Å². The van der Waals surface area contributed by atoms with E-state index in [1.165, 1.54) is 4.90 Å². The van der Waals surface area contributed by atoms with E-state index < -0.39 is 11.7 Å². The van der Waals surface area contributed by atoms with Gasteiger partial charge in [0.2, 0.25) is 0 Å². The van der Waals surface area contributed by atoms with Crippen LogP contribution in [0.2, 0.25) is 0 Å². The van der Waals surface area contributed by atoms with Crippen molar-refractivity contribution >= 4 is 12.1 Å². The minimum Gasteiger partial charge on any atom is -0.465 e. The van der Waals surface area contributed by atoms with Crippen LogP contribution >= 0.6 is 0 Å². The normalized spacial score (nSPS) is 18.9. The SMILES string of the molecule is CC(C)(C)OC(=O)[C@@H](Cc1cccc(CN)c1)[C@H]1CCN(C(=O)O)C1. The molecule has 1 aliphatic rings. The number of amides is 1. The lowest BCUT2D eigenvalue weighted by atomic mass is 9.85. The molecule has 1 aromatic rings. The summed E-state index contributed by atoms with van der Waals surface area (Å²) in [6, 6.07) is 7.86. The zero-order valence-electron chi connectivity index (χ0n) is 15.2. The number of hydrogen-bond acceptors (Lipinski definition) is 4. The molecule has 2 atom stereocenters. The molecule has 2 rings (SSSR count). The molecule has 3 N–H and O–H groups in total. The van der Waals surface area contributed by atoms with E-state index in [9.17, 15) is 14.7 Å². The van der Waals surface area contributed by atoms with Crippen LogP contribution < -0.4 is 5.73 Å². The van der Waals surface area contributed by atoms with Gasteiger partial charge in [0.15, 0.2) is 0 Å². The third-order valence-corrected chi connectivity index (χ3v) is 4.46. The zero-order valence-corrected chi connectivity index (χ0v) is 15.2. The molecule has 1 amide bonds. The molecule has 0 aromatic heterocycles. The third kappa shape index (κ3) is 5.46. The molecule has 0 spiro atoms. The van der Waals surface area contributed by atoms with E-state index in [1.807, 2.05) is 45.0 Å². The van der Waals surface area contributed by atoms with Gasteiger partial charge in [-0.05, 0) is 50.7 Å². The molecule has 138 valence electrons. The number of rotatable bonds is 5. The largest absolute Gasteiger partial charge is 0.465 e. The van der Waals surface area contributed by atoms with Crippen molar-refractivity contribution in [2.24, 2.45) is 17.6 Å². The Balaban J connectivity index is 2.19. The van der Waals surface area contributed by atoms with E-state index in [1.54, 1.807) is 0 Å². The Labute approximate surface area is 149 Å². The smallest absolute Gasteiger partial charge is 0.407 e. The fourth-order valence-corrected chi connectivity index (χ4v) is 3.25. The van der Waals surface area contributed by atoms with E-state index in [0.717, 1.165) is 11.1 Å². The van der Waals surface area contributed by atoms with Crippen LogP contribution in [0.3, 0.4) is 0 Å². The van der Waals surface area contributed by atoms with Gasteiger partial charge in [-0.2, -0.15) is 0 Å². The molecular formula is C19H28N2O4. The maximum Gasteiger partial charge on any atom is 0.407 e. The summed E-state index contributed by atoms with van der Waals surface area (Å²) in [6.45, 7) is 6.80. The molecule has 0 unspecified atom stereocenters. The Morgan fingerprint density at radius 3 is 2.60 bits per heavy atom. The summed E-state index contributed by atoms with van der Waals surface area (Å²) in [6.07, 6.45) is 0.267. The number of carbonyl (C=O) groups excluding carboxylic acids is 1. The van der Waals surface area contributed by atoms with Crippen molar-refractivity contribution in [2.45, 2.75) is 45.8 Å². The number of esters is 1. The van der Waals surface area contributed by atoms with Crippen LogP contribution in [0.5, 0.6) is 0 Å². The fraction of sp³-hybridized carbons (Fsp3) is 0.579. The number of likely N-dealkylation sites (tertiary alicyclic amines) is 1. The maximum absolute atomic E-state index is 12.8. The van der Waals surface area contributed by atoms with Gasteiger partial charge < -0.3 is 20.5 Å². The number of carbonyl (C=O) groups is 2. The van der Waals surface area contributed by atoms with Gasteiger partial charge in [-0.25, -0.2) is 4.79 Å². The summed E-state index contributed by atoms with van der Waals surface area (Å²) >= 11 is 0. The van der Waals surface area contributed by atoms with Crippen LogP contribution in [0, 0.1) is 11.8 Å². The zero-order chi connectivity index (χ0) is 18.6. The molecule has 6 heteroatoms. The first kappa shape index (κ1) is 19.2. The topological polar surface area (TPSA) is 92.9 Å². The highest BCUT2D eigenvalue weighted by atomic mass is 16.6. The summed E-state index contributed by atoms with van der Waals surface area (Å²) in [7, 11) is 0. The van der Waals surface area contributed by atoms with Crippen LogP contribution in [0.25, 0.3) is 0 Å². The predicted molar refractivity (Wildman–Crippen MR) is 95.1 cm³/mol. The van der Waals surface area contributed by atoms with E-state index >= 15 is 0 Å². The molecule has 1 saturated heterocycles. The van der Waals surface area contributed by atoms with E-state index in [0.29, 0.717) is 32.5 Å². The molecule has 0 saturated carbocycles. The second kappa shape index (κ2) is 7.87. The van der Waals surface area contributed by atoms with Gasteiger partial charge in [-0.15, -0.1) is 0 Å². The molecule has 1 aromatic carbocycles. The number of benzene rings is 1. The molecule has 0 radical (unpaired) electrons. The van der Waals surface area contributed by atoms with Crippen LogP contribution in [0.1, 0.15) is 38.3 Å². The van der Waals surface area contributed by atoms with Gasteiger partial charge in [-0.3, -0.25) is 4.79 Å². The van der Waals surface area contributed by atoms with Crippen molar-refractivity contribution in [3.8, 4) is 0 Å². The van der Waals surface area contributed by atoms with Crippen molar-refractivity contribution in [1.82, 2.24) is 4.90 Å². The standard InChI is InChI=1S/C19H28N2O4/c1-19(2,3)25-17(22)16(15-7-8-21(12-15)18(23)24)10-13-5-4-6-14(9-13)11-20/h4-6,9,15-16H,7-8,10-12,20H2,1-3H3,(H,23,24)/t15-,16-/m0/s1. The van der Waals surface area contributed by atoms with Crippen LogP contribution in [0.4, 0.5) is 4.79 Å². The van der Waals surface area contributed by atoms with Crippen molar-refractivity contribution in [3.05, 3.63) is 35.4 Å². The first-order chi connectivity index (χ1) is 11.7. The highest BCUT2D eigenvalue weighted by Crippen LogP contribution is 2.30. The molecule has 6 nitrogen and oxygen atoms in total. The van der Waals surface area contributed by atoms with E-state index in [-0.39, 0.29) is 17.8 Å². The Kier molecular flexibility index (Phi) is 6.06. The van der Waals surface area contributed by atoms with Gasteiger partial charge >= 0.3 is 12.1 Å². The van der Waals surface area contributed by atoms with Crippen molar-refractivity contribution in [1.29, 1.82) is 0 Å². The van der Waals surface area contributed by atoms with Gasteiger partial charge in [0, 0.05) is 19.6 Å². The average molecular weight is 348 g/mol. The molecule has 1 fully saturated rings. The summed E-state index contributed by atoms with van der Waals surface area (Å²) in [5, 5.41) is 9.19. The minimum atomic E-state index is -0.935. The van der Waals surface area contributed by atoms with Crippen LogP contribution in [-0.2, 0) is 22.5 Å². The van der Waals surface area contributed by atoms with Crippen LogP contribution in [-0.4, -0.2) is 40.8 Å². The number of ether oxygens (including phenoxy) is 1. The predicted octanol–water partition coefficient (Wildman–Crippen LogP) is 2.65. The highest BCUT2D eigenvalue weighted by molar-refractivity contribution is 5.74. The Bertz CT molecular complexity index is 624. The van der Waals surface area contributed by atoms with Gasteiger partial charge in [0.05, 0.1) is 5.92 Å². The average Bonchev–Trinajstić information content (AvgIpc) is 3.01. The number of hydrogen-bond donors (Lipinski definition) is 2. The number of nitrogens with zero attached hydrogens (tertiary/aromatic N) is 1. The lowest BCUT2D eigenvalue weighted by Crippen LogP contribution is -2.35. The van der Waals surface area contributed by atoms with Gasteiger partial charge in [-0.1, -0.05) is 24.3 Å². The molecular weight excluding hydrogens is 320 g/mol. The van der Waals surface area contributed by atoms with Gasteiger partial charge in [0.1, 0.15) is 5.60 Å². The summed E-state index contributed by atoms with van der Waals surface area (Å²) < 4.78 is 5.61. The quantitative estimate of drug-likeness (QED) is 0.798. The van der Waals surface area contributed by atoms with Crippen molar-refractivity contribution in [3.63, 3.8) is 0 Å². The number of nitrogens with two attached hydrogens (primary N) is 1. The summed E-state index contributed by atoms with van der Waals surface area (Å²) in [4.78, 5) is 25.3. The second-order valence-corrected chi connectivity index (χ2v) is 7.65.